The third-order valence-electron chi connectivity index (χ3n) is 3.97. The maximum absolute atomic E-state index is 14.3. The highest BCUT2D eigenvalue weighted by molar-refractivity contribution is 5.65. The second-order valence-corrected chi connectivity index (χ2v) is 5.90. The van der Waals surface area contributed by atoms with Gasteiger partial charge in [-0.2, -0.15) is 0 Å². The third-order valence-corrected chi connectivity index (χ3v) is 3.97. The van der Waals surface area contributed by atoms with E-state index in [1.807, 2.05) is 12.1 Å². The van der Waals surface area contributed by atoms with E-state index in [0.29, 0.717) is 16.7 Å². The van der Waals surface area contributed by atoms with Gasteiger partial charge < -0.3 is 0 Å². The number of rotatable bonds is 3. The zero-order chi connectivity index (χ0) is 17.6. The normalized spacial score (nSPS) is 10.2. The molecule has 0 saturated carbocycles. The molecule has 0 bridgehead atoms. The van der Waals surface area contributed by atoms with E-state index in [1.54, 1.807) is 24.3 Å². The highest BCUT2D eigenvalue weighted by Gasteiger charge is 2.05. The fourth-order valence-electron chi connectivity index (χ4n) is 2.64. The first-order valence-corrected chi connectivity index (χ1v) is 8.32. The average Bonchev–Trinajstić information content (AvgIpc) is 2.62. The van der Waals surface area contributed by atoms with Gasteiger partial charge in [0.25, 0.3) is 0 Å². The summed E-state index contributed by atoms with van der Waals surface area (Å²) in [5.41, 5.74) is 3.89. The Kier molecular flexibility index (Phi) is 5.26. The van der Waals surface area contributed by atoms with E-state index < -0.39 is 0 Å². The Hall–Kier alpha value is -2.92. The summed E-state index contributed by atoms with van der Waals surface area (Å²) in [5.74, 6) is 5.35. The molecule has 0 aliphatic heterocycles. The smallest absolute Gasteiger partial charge is 0.132 e. The van der Waals surface area contributed by atoms with Crippen molar-refractivity contribution in [2.24, 2.45) is 0 Å². The van der Waals surface area contributed by atoms with Crippen LogP contribution in [-0.2, 0) is 6.42 Å². The zero-order valence-corrected chi connectivity index (χ0v) is 14.0. The summed E-state index contributed by atoms with van der Waals surface area (Å²) in [6.45, 7) is 2.15. The van der Waals surface area contributed by atoms with Crippen LogP contribution in [0.15, 0.2) is 66.7 Å². The van der Waals surface area contributed by atoms with E-state index in [2.05, 4.69) is 30.9 Å². The molecule has 3 aromatic carbocycles. The standard InChI is InChI=1S/C23H18F2/c1-2-3-17-4-6-18(7-5-17)8-9-19-10-15-22(23(25)16-19)20-11-13-21(24)14-12-20/h4-7,10-16H,2-3H2,1H3. The van der Waals surface area contributed by atoms with Gasteiger partial charge in [-0.15, -0.1) is 0 Å². The monoisotopic (exact) mass is 332 g/mol. The fraction of sp³-hybridized carbons (Fsp3) is 0.130. The number of halogens is 2. The van der Waals surface area contributed by atoms with Gasteiger partial charge in [0.1, 0.15) is 11.6 Å². The van der Waals surface area contributed by atoms with Crippen molar-refractivity contribution < 1.29 is 8.78 Å². The van der Waals surface area contributed by atoms with Crippen LogP contribution in [0.5, 0.6) is 0 Å². The van der Waals surface area contributed by atoms with Crippen LogP contribution in [0.1, 0.15) is 30.0 Å². The van der Waals surface area contributed by atoms with Gasteiger partial charge in [0.05, 0.1) is 0 Å². The van der Waals surface area contributed by atoms with E-state index >= 15 is 0 Å². The molecule has 0 aliphatic rings. The molecule has 0 atom stereocenters. The molecule has 0 heterocycles. The SMILES string of the molecule is CCCc1ccc(C#Cc2ccc(-c3ccc(F)cc3)c(F)c2)cc1. The van der Waals surface area contributed by atoms with E-state index in [1.165, 1.54) is 23.8 Å². The Morgan fingerprint density at radius 3 is 2.04 bits per heavy atom. The Morgan fingerprint density at radius 1 is 0.760 bits per heavy atom. The molecule has 0 fully saturated rings. The number of hydrogen-bond acceptors (Lipinski definition) is 0. The highest BCUT2D eigenvalue weighted by Crippen LogP contribution is 2.23. The van der Waals surface area contributed by atoms with E-state index in [-0.39, 0.29) is 11.6 Å². The third kappa shape index (κ3) is 4.33. The van der Waals surface area contributed by atoms with Crippen LogP contribution >= 0.6 is 0 Å². The summed E-state index contributed by atoms with van der Waals surface area (Å²) in [6, 6.07) is 18.8. The minimum atomic E-state index is -0.364. The Labute approximate surface area is 147 Å². The first kappa shape index (κ1) is 16.9. The molecule has 0 aromatic heterocycles. The lowest BCUT2D eigenvalue weighted by Gasteiger charge is -2.04. The first-order chi connectivity index (χ1) is 12.2. The van der Waals surface area contributed by atoms with Crippen LogP contribution < -0.4 is 0 Å². The zero-order valence-electron chi connectivity index (χ0n) is 14.0. The van der Waals surface area contributed by atoms with Gasteiger partial charge >= 0.3 is 0 Å². The largest absolute Gasteiger partial charge is 0.207 e. The van der Waals surface area contributed by atoms with Crippen molar-refractivity contribution in [2.75, 3.05) is 0 Å². The number of hydrogen-bond donors (Lipinski definition) is 0. The van der Waals surface area contributed by atoms with Gasteiger partial charge in [-0.3, -0.25) is 0 Å². The molecule has 0 amide bonds. The molecule has 0 unspecified atom stereocenters. The van der Waals surface area contributed by atoms with Gasteiger partial charge in [0, 0.05) is 16.7 Å². The van der Waals surface area contributed by atoms with Gasteiger partial charge in [-0.05, 0) is 53.9 Å². The molecule has 0 spiro atoms. The van der Waals surface area contributed by atoms with Crippen molar-refractivity contribution in [3.05, 3.63) is 95.1 Å². The second-order valence-electron chi connectivity index (χ2n) is 5.90. The van der Waals surface area contributed by atoms with Gasteiger partial charge in [-0.25, -0.2) is 8.78 Å². The maximum Gasteiger partial charge on any atom is 0.132 e. The van der Waals surface area contributed by atoms with Crippen molar-refractivity contribution in [1.82, 2.24) is 0 Å². The van der Waals surface area contributed by atoms with Crippen LogP contribution in [0.3, 0.4) is 0 Å². The summed E-state index contributed by atoms with van der Waals surface area (Å²) >= 11 is 0. The minimum absolute atomic E-state index is 0.336. The quantitative estimate of drug-likeness (QED) is 0.517. The summed E-state index contributed by atoms with van der Waals surface area (Å²) < 4.78 is 27.3. The average molecular weight is 332 g/mol. The fourth-order valence-corrected chi connectivity index (χ4v) is 2.64. The molecule has 0 saturated heterocycles. The Balaban J connectivity index is 1.80. The predicted octanol–water partition coefficient (Wildman–Crippen LogP) is 5.98. The highest BCUT2D eigenvalue weighted by atomic mass is 19.1. The molecular weight excluding hydrogens is 314 g/mol. The Bertz CT molecular complexity index is 911. The molecule has 0 radical (unpaired) electrons. The molecule has 3 rings (SSSR count). The molecule has 124 valence electrons. The maximum atomic E-state index is 14.3. The van der Waals surface area contributed by atoms with E-state index in [9.17, 15) is 8.78 Å². The van der Waals surface area contributed by atoms with Crippen molar-refractivity contribution in [3.8, 4) is 23.0 Å². The summed E-state index contributed by atoms with van der Waals surface area (Å²) in [7, 11) is 0. The lowest BCUT2D eigenvalue weighted by molar-refractivity contribution is 0.625. The van der Waals surface area contributed by atoms with Crippen molar-refractivity contribution in [3.63, 3.8) is 0 Å². The van der Waals surface area contributed by atoms with Crippen LogP contribution in [0.2, 0.25) is 0 Å². The molecule has 2 heteroatoms. The number of aryl methyl sites for hydroxylation is 1. The van der Waals surface area contributed by atoms with Gasteiger partial charge in [-0.1, -0.05) is 55.5 Å². The molecule has 0 nitrogen and oxygen atoms in total. The lowest BCUT2D eigenvalue weighted by Crippen LogP contribution is -1.87. The van der Waals surface area contributed by atoms with Crippen molar-refractivity contribution >= 4 is 0 Å². The topological polar surface area (TPSA) is 0 Å². The predicted molar refractivity (Wildman–Crippen MR) is 98.2 cm³/mol. The molecule has 0 aliphatic carbocycles. The van der Waals surface area contributed by atoms with Crippen molar-refractivity contribution in [1.29, 1.82) is 0 Å². The lowest BCUT2D eigenvalue weighted by atomic mass is 10.0. The van der Waals surface area contributed by atoms with Crippen LogP contribution in [-0.4, -0.2) is 0 Å². The first-order valence-electron chi connectivity index (χ1n) is 8.32. The molecular formula is C23H18F2. The van der Waals surface area contributed by atoms with E-state index in [0.717, 1.165) is 18.4 Å². The molecule has 0 N–H and O–H groups in total. The van der Waals surface area contributed by atoms with Crippen LogP contribution in [0.4, 0.5) is 8.78 Å². The molecule has 3 aromatic rings. The molecule has 25 heavy (non-hydrogen) atoms. The minimum Gasteiger partial charge on any atom is -0.207 e. The van der Waals surface area contributed by atoms with Crippen LogP contribution in [0.25, 0.3) is 11.1 Å². The van der Waals surface area contributed by atoms with Crippen LogP contribution in [0, 0.1) is 23.5 Å². The number of benzene rings is 3. The Morgan fingerprint density at radius 2 is 1.40 bits per heavy atom. The second kappa shape index (κ2) is 7.77. The summed E-state index contributed by atoms with van der Waals surface area (Å²) in [5, 5.41) is 0. The van der Waals surface area contributed by atoms with Gasteiger partial charge in [0.15, 0.2) is 0 Å². The summed E-state index contributed by atoms with van der Waals surface area (Å²) in [4.78, 5) is 0. The van der Waals surface area contributed by atoms with E-state index in [4.69, 9.17) is 0 Å². The van der Waals surface area contributed by atoms with Crippen molar-refractivity contribution in [2.45, 2.75) is 19.8 Å². The van der Waals surface area contributed by atoms with Gasteiger partial charge in [0.2, 0.25) is 0 Å². The summed E-state index contributed by atoms with van der Waals surface area (Å²) in [6.07, 6.45) is 2.18.